The quantitative estimate of drug-likeness (QED) is 0.740. The van der Waals surface area contributed by atoms with Gasteiger partial charge in [0.05, 0.1) is 11.6 Å². The summed E-state index contributed by atoms with van der Waals surface area (Å²) in [4.78, 5) is 6.34. The molecule has 2 unspecified atom stereocenters. The Morgan fingerprint density at radius 1 is 1.25 bits per heavy atom. The van der Waals surface area contributed by atoms with Crippen molar-refractivity contribution in [3.8, 4) is 11.9 Å². The van der Waals surface area contributed by atoms with Gasteiger partial charge in [-0.3, -0.25) is 0 Å². The molecule has 5 nitrogen and oxygen atoms in total. The number of aromatic nitrogens is 1. The number of hydrogen-bond acceptors (Lipinski definition) is 5. The Balaban J connectivity index is 1.77. The Morgan fingerprint density at radius 3 is 2.57 bits per heavy atom. The van der Waals surface area contributed by atoms with Crippen LogP contribution in [0.25, 0.3) is 0 Å². The Labute approximate surface area is 165 Å². The van der Waals surface area contributed by atoms with E-state index in [1.165, 1.54) is 6.07 Å². The third-order valence-electron chi connectivity index (χ3n) is 5.52. The van der Waals surface area contributed by atoms with Gasteiger partial charge in [0.2, 0.25) is 11.8 Å². The lowest BCUT2D eigenvalue weighted by Gasteiger charge is -2.38. The van der Waals surface area contributed by atoms with Crippen LogP contribution < -0.4 is 10.5 Å². The first kappa shape index (κ1) is 20.2. The Morgan fingerprint density at radius 2 is 1.96 bits per heavy atom. The highest BCUT2D eigenvalue weighted by Gasteiger charge is 2.31. The van der Waals surface area contributed by atoms with Gasteiger partial charge in [-0.05, 0) is 69.6 Å². The number of rotatable bonds is 7. The van der Waals surface area contributed by atoms with Crippen molar-refractivity contribution in [1.29, 1.82) is 5.26 Å². The normalized spacial score (nSPS) is 17.6. The third-order valence-corrected chi connectivity index (χ3v) is 5.52. The van der Waals surface area contributed by atoms with Crippen LogP contribution in [0.1, 0.15) is 43.4 Å². The van der Waals surface area contributed by atoms with Crippen molar-refractivity contribution in [2.75, 3.05) is 19.6 Å². The fourth-order valence-corrected chi connectivity index (χ4v) is 3.86. The first-order valence-electron chi connectivity index (χ1n) is 9.84. The molecular formula is C22H27FN4O. The largest absolute Gasteiger partial charge is 0.469 e. The van der Waals surface area contributed by atoms with Crippen LogP contribution in [0.3, 0.4) is 0 Å². The Bertz CT molecular complexity index is 797. The molecule has 1 fully saturated rings. The van der Waals surface area contributed by atoms with Gasteiger partial charge in [-0.2, -0.15) is 14.6 Å². The molecule has 2 N–H and O–H groups in total. The zero-order chi connectivity index (χ0) is 19.9. The minimum Gasteiger partial charge on any atom is -0.469 e. The zero-order valence-electron chi connectivity index (χ0n) is 16.2. The van der Waals surface area contributed by atoms with Gasteiger partial charge >= 0.3 is 0 Å². The third kappa shape index (κ3) is 5.06. The second kappa shape index (κ2) is 9.63. The van der Waals surface area contributed by atoms with E-state index < -0.39 is 5.95 Å². The molecule has 1 saturated heterocycles. The standard InChI is InChI=1S/C22H27FN4O/c1-16(9-12-24)27-13-10-19(11-14-27)22(18-7-5-17(15-25)6-8-18)28-21-4-2-3-20(23)26-21/h2-8,16,19,22H,9-14,24H2,1H3. The van der Waals surface area contributed by atoms with Gasteiger partial charge in [0.25, 0.3) is 0 Å². The lowest BCUT2D eigenvalue weighted by atomic mass is 9.86. The number of nitriles is 1. The van der Waals surface area contributed by atoms with E-state index >= 15 is 0 Å². The minimum absolute atomic E-state index is 0.228. The summed E-state index contributed by atoms with van der Waals surface area (Å²) in [6.07, 6.45) is 2.73. The molecule has 2 atom stereocenters. The Hall–Kier alpha value is -2.49. The van der Waals surface area contributed by atoms with Gasteiger partial charge in [0.15, 0.2) is 0 Å². The highest BCUT2D eigenvalue weighted by molar-refractivity contribution is 5.33. The molecule has 0 aliphatic carbocycles. The molecule has 0 bridgehead atoms. The van der Waals surface area contributed by atoms with E-state index in [-0.39, 0.29) is 12.0 Å². The van der Waals surface area contributed by atoms with E-state index in [2.05, 4.69) is 22.9 Å². The first-order valence-corrected chi connectivity index (χ1v) is 9.84. The predicted molar refractivity (Wildman–Crippen MR) is 106 cm³/mol. The Kier molecular flexibility index (Phi) is 6.96. The van der Waals surface area contributed by atoms with Crippen LogP contribution in [0, 0.1) is 23.2 Å². The van der Waals surface area contributed by atoms with E-state index in [0.717, 1.165) is 37.9 Å². The van der Waals surface area contributed by atoms with Crippen molar-refractivity contribution in [2.24, 2.45) is 11.7 Å². The predicted octanol–water partition coefficient (Wildman–Crippen LogP) is 3.66. The van der Waals surface area contributed by atoms with E-state index in [1.54, 1.807) is 24.3 Å². The fourth-order valence-electron chi connectivity index (χ4n) is 3.86. The fraction of sp³-hybridized carbons (Fsp3) is 0.455. The van der Waals surface area contributed by atoms with Crippen molar-refractivity contribution in [3.05, 3.63) is 59.5 Å². The monoisotopic (exact) mass is 382 g/mol. The summed E-state index contributed by atoms with van der Waals surface area (Å²) in [5.41, 5.74) is 7.30. The molecule has 0 amide bonds. The first-order chi connectivity index (χ1) is 13.6. The maximum absolute atomic E-state index is 13.5. The van der Waals surface area contributed by atoms with Crippen LogP contribution in [-0.4, -0.2) is 35.6 Å². The van der Waals surface area contributed by atoms with Crippen molar-refractivity contribution in [1.82, 2.24) is 9.88 Å². The molecule has 28 heavy (non-hydrogen) atoms. The number of hydrogen-bond donors (Lipinski definition) is 1. The molecule has 6 heteroatoms. The lowest BCUT2D eigenvalue weighted by Crippen LogP contribution is -2.42. The number of likely N-dealkylation sites (tertiary alicyclic amines) is 1. The van der Waals surface area contributed by atoms with Crippen LogP contribution >= 0.6 is 0 Å². The molecule has 0 spiro atoms. The molecule has 1 aromatic heterocycles. The number of nitrogens with two attached hydrogens (primary N) is 1. The SMILES string of the molecule is CC(CCN)N1CCC(C(Oc2cccc(F)n2)c2ccc(C#N)cc2)CC1. The van der Waals surface area contributed by atoms with Crippen LogP contribution in [-0.2, 0) is 0 Å². The number of ether oxygens (including phenoxy) is 1. The summed E-state index contributed by atoms with van der Waals surface area (Å²) < 4.78 is 19.7. The summed E-state index contributed by atoms with van der Waals surface area (Å²) in [6, 6.07) is 14.6. The summed E-state index contributed by atoms with van der Waals surface area (Å²) in [7, 11) is 0. The molecule has 0 saturated carbocycles. The second-order valence-electron chi connectivity index (χ2n) is 7.37. The zero-order valence-corrected chi connectivity index (χ0v) is 16.2. The number of nitrogens with zero attached hydrogens (tertiary/aromatic N) is 3. The van der Waals surface area contributed by atoms with Gasteiger partial charge in [-0.25, -0.2) is 0 Å². The van der Waals surface area contributed by atoms with Crippen LogP contribution in [0.4, 0.5) is 4.39 Å². The molecule has 2 aromatic rings. The van der Waals surface area contributed by atoms with E-state index in [4.69, 9.17) is 15.7 Å². The summed E-state index contributed by atoms with van der Waals surface area (Å²) in [5.74, 6) is 0.0223. The minimum atomic E-state index is -0.554. The second-order valence-corrected chi connectivity index (χ2v) is 7.37. The molecule has 1 aromatic carbocycles. The van der Waals surface area contributed by atoms with Gasteiger partial charge in [0.1, 0.15) is 6.10 Å². The summed E-state index contributed by atoms with van der Waals surface area (Å²) in [5, 5.41) is 9.06. The van der Waals surface area contributed by atoms with E-state index in [9.17, 15) is 4.39 Å². The van der Waals surface area contributed by atoms with Crippen molar-refractivity contribution >= 4 is 0 Å². The molecule has 148 valence electrons. The number of piperidine rings is 1. The highest BCUT2D eigenvalue weighted by Crippen LogP contribution is 2.35. The van der Waals surface area contributed by atoms with Crippen molar-refractivity contribution in [3.63, 3.8) is 0 Å². The smallest absolute Gasteiger partial charge is 0.216 e. The van der Waals surface area contributed by atoms with Crippen LogP contribution in [0.15, 0.2) is 42.5 Å². The van der Waals surface area contributed by atoms with Gasteiger partial charge in [0, 0.05) is 18.0 Å². The van der Waals surface area contributed by atoms with E-state index in [1.807, 2.05) is 12.1 Å². The lowest BCUT2D eigenvalue weighted by molar-refractivity contribution is 0.0581. The topological polar surface area (TPSA) is 75.2 Å². The maximum atomic E-state index is 13.5. The molecule has 1 aliphatic rings. The number of pyridine rings is 1. The van der Waals surface area contributed by atoms with Crippen LogP contribution in [0.2, 0.25) is 0 Å². The van der Waals surface area contributed by atoms with Gasteiger partial charge in [-0.15, -0.1) is 0 Å². The number of benzene rings is 1. The molecule has 2 heterocycles. The molecular weight excluding hydrogens is 355 g/mol. The van der Waals surface area contributed by atoms with Gasteiger partial charge < -0.3 is 15.4 Å². The van der Waals surface area contributed by atoms with Crippen molar-refractivity contribution < 1.29 is 9.13 Å². The molecule has 0 radical (unpaired) electrons. The van der Waals surface area contributed by atoms with E-state index in [0.29, 0.717) is 24.1 Å². The van der Waals surface area contributed by atoms with Crippen molar-refractivity contribution in [2.45, 2.75) is 38.3 Å². The maximum Gasteiger partial charge on any atom is 0.216 e. The number of halogens is 1. The highest BCUT2D eigenvalue weighted by atomic mass is 19.1. The average Bonchev–Trinajstić information content (AvgIpc) is 2.72. The van der Waals surface area contributed by atoms with Crippen LogP contribution in [0.5, 0.6) is 5.88 Å². The average molecular weight is 382 g/mol. The summed E-state index contributed by atoms with van der Waals surface area (Å²) >= 11 is 0. The summed E-state index contributed by atoms with van der Waals surface area (Å²) in [6.45, 7) is 4.89. The molecule has 1 aliphatic heterocycles. The van der Waals surface area contributed by atoms with Gasteiger partial charge in [-0.1, -0.05) is 18.2 Å². The molecule has 3 rings (SSSR count).